The first kappa shape index (κ1) is 15.2. The molecule has 0 bridgehead atoms. The van der Waals surface area contributed by atoms with Crippen LogP contribution >= 0.6 is 12.2 Å². The van der Waals surface area contributed by atoms with Gasteiger partial charge in [-0.1, -0.05) is 18.2 Å². The van der Waals surface area contributed by atoms with Gasteiger partial charge in [0.2, 0.25) is 0 Å². The van der Waals surface area contributed by atoms with Crippen LogP contribution in [0.5, 0.6) is 0 Å². The number of aromatic nitrogens is 1. The van der Waals surface area contributed by atoms with Gasteiger partial charge in [0, 0.05) is 18.4 Å². The first-order chi connectivity index (χ1) is 11.0. The lowest BCUT2D eigenvalue weighted by molar-refractivity contribution is -0.122. The molecule has 0 atom stereocenters. The molecule has 2 heterocycles. The van der Waals surface area contributed by atoms with Crippen LogP contribution in [0, 0.1) is 6.92 Å². The van der Waals surface area contributed by atoms with Crippen molar-refractivity contribution in [2.45, 2.75) is 6.92 Å². The fourth-order valence-electron chi connectivity index (χ4n) is 2.40. The maximum atomic E-state index is 12.8. The number of anilines is 1. The van der Waals surface area contributed by atoms with E-state index in [-0.39, 0.29) is 10.7 Å². The van der Waals surface area contributed by atoms with Gasteiger partial charge in [-0.15, -0.1) is 0 Å². The van der Waals surface area contributed by atoms with E-state index < -0.39 is 11.8 Å². The van der Waals surface area contributed by atoms with E-state index in [1.54, 1.807) is 18.2 Å². The lowest BCUT2D eigenvalue weighted by Gasteiger charge is -2.28. The van der Waals surface area contributed by atoms with E-state index in [0.29, 0.717) is 5.69 Å². The second-order valence-electron chi connectivity index (χ2n) is 5.25. The van der Waals surface area contributed by atoms with Gasteiger partial charge < -0.3 is 4.57 Å². The minimum Gasteiger partial charge on any atom is -0.348 e. The van der Waals surface area contributed by atoms with Crippen molar-refractivity contribution in [2.75, 3.05) is 4.90 Å². The van der Waals surface area contributed by atoms with Gasteiger partial charge in [-0.05, 0) is 49.5 Å². The molecule has 0 saturated carbocycles. The van der Waals surface area contributed by atoms with Crippen LogP contribution in [0.2, 0.25) is 0 Å². The molecule has 3 rings (SSSR count). The normalized spacial score (nSPS) is 16.9. The number of carbonyl (C=O) groups excluding carboxylic acids is 2. The minimum atomic E-state index is -0.481. The van der Waals surface area contributed by atoms with Crippen molar-refractivity contribution in [2.24, 2.45) is 7.05 Å². The Hall–Kier alpha value is -2.73. The molecule has 1 aliphatic heterocycles. The smallest absolute Gasteiger partial charge is 0.270 e. The zero-order valence-corrected chi connectivity index (χ0v) is 13.6. The van der Waals surface area contributed by atoms with Crippen LogP contribution in [-0.4, -0.2) is 21.5 Å². The van der Waals surface area contributed by atoms with Crippen LogP contribution in [0.3, 0.4) is 0 Å². The molecule has 1 aromatic carbocycles. The average Bonchev–Trinajstić information content (AvgIpc) is 2.84. The number of amides is 2. The molecule has 0 aliphatic carbocycles. The van der Waals surface area contributed by atoms with Crippen molar-refractivity contribution in [3.8, 4) is 0 Å². The Morgan fingerprint density at radius 3 is 2.39 bits per heavy atom. The Labute approximate surface area is 139 Å². The third kappa shape index (κ3) is 2.68. The molecule has 1 aromatic heterocycles. The quantitative estimate of drug-likeness (QED) is 0.523. The molecule has 2 aromatic rings. The lowest BCUT2D eigenvalue weighted by Crippen LogP contribution is -2.54. The Morgan fingerprint density at radius 1 is 1.09 bits per heavy atom. The maximum absolute atomic E-state index is 12.8. The second kappa shape index (κ2) is 5.81. The summed E-state index contributed by atoms with van der Waals surface area (Å²) < 4.78 is 1.91. The van der Waals surface area contributed by atoms with Gasteiger partial charge in [0.05, 0.1) is 5.69 Å². The van der Waals surface area contributed by atoms with Crippen molar-refractivity contribution < 1.29 is 9.59 Å². The van der Waals surface area contributed by atoms with Gasteiger partial charge in [-0.3, -0.25) is 19.8 Å². The first-order valence-corrected chi connectivity index (χ1v) is 7.48. The summed E-state index contributed by atoms with van der Waals surface area (Å²) in [5.74, 6) is -0.908. The van der Waals surface area contributed by atoms with Gasteiger partial charge in [0.25, 0.3) is 11.8 Å². The van der Waals surface area contributed by atoms with Crippen LogP contribution in [0.15, 0.2) is 48.0 Å². The molecule has 5 nitrogen and oxygen atoms in total. The van der Waals surface area contributed by atoms with Crippen molar-refractivity contribution >= 4 is 40.9 Å². The van der Waals surface area contributed by atoms with Crippen molar-refractivity contribution in [1.82, 2.24) is 9.88 Å². The topological polar surface area (TPSA) is 54.3 Å². The second-order valence-corrected chi connectivity index (χ2v) is 5.64. The zero-order valence-electron chi connectivity index (χ0n) is 12.7. The Balaban J connectivity index is 2.04. The van der Waals surface area contributed by atoms with Crippen LogP contribution in [0.25, 0.3) is 6.08 Å². The molecule has 1 aliphatic rings. The van der Waals surface area contributed by atoms with E-state index in [0.717, 1.165) is 11.4 Å². The Bertz CT molecular complexity index is 837. The molecule has 6 heteroatoms. The van der Waals surface area contributed by atoms with E-state index in [9.17, 15) is 9.59 Å². The Morgan fingerprint density at radius 2 is 1.78 bits per heavy atom. The number of benzene rings is 1. The van der Waals surface area contributed by atoms with Gasteiger partial charge in [-0.25, -0.2) is 0 Å². The number of hydrogen-bond donors (Lipinski definition) is 1. The SMILES string of the molecule is Cc1ccc(/C=C2\C(=O)NC(=S)N(c3ccccc3)C2=O)n1C. The van der Waals surface area contributed by atoms with Gasteiger partial charge in [0.15, 0.2) is 5.11 Å². The third-order valence-electron chi connectivity index (χ3n) is 3.82. The van der Waals surface area contributed by atoms with Crippen molar-refractivity contribution in [1.29, 1.82) is 0 Å². The summed E-state index contributed by atoms with van der Waals surface area (Å²) in [6.45, 7) is 1.95. The lowest BCUT2D eigenvalue weighted by atomic mass is 10.1. The van der Waals surface area contributed by atoms with E-state index >= 15 is 0 Å². The summed E-state index contributed by atoms with van der Waals surface area (Å²) in [5, 5.41) is 2.66. The number of aryl methyl sites for hydroxylation is 1. The molecule has 0 spiro atoms. The highest BCUT2D eigenvalue weighted by atomic mass is 32.1. The van der Waals surface area contributed by atoms with Crippen LogP contribution < -0.4 is 10.2 Å². The highest BCUT2D eigenvalue weighted by Gasteiger charge is 2.34. The molecular weight excluding hydrogens is 310 g/mol. The number of para-hydroxylation sites is 1. The third-order valence-corrected chi connectivity index (χ3v) is 4.10. The molecule has 116 valence electrons. The number of nitrogens with one attached hydrogen (secondary N) is 1. The number of rotatable bonds is 2. The Kier molecular flexibility index (Phi) is 3.83. The number of hydrogen-bond acceptors (Lipinski definition) is 3. The molecule has 1 fully saturated rings. The molecule has 1 N–H and O–H groups in total. The first-order valence-electron chi connectivity index (χ1n) is 7.08. The molecule has 2 amide bonds. The summed E-state index contributed by atoms with van der Waals surface area (Å²) >= 11 is 5.15. The molecule has 1 saturated heterocycles. The molecule has 0 unspecified atom stereocenters. The highest BCUT2D eigenvalue weighted by molar-refractivity contribution is 7.80. The summed E-state index contributed by atoms with van der Waals surface area (Å²) in [6.07, 6.45) is 1.59. The van der Waals surface area contributed by atoms with Crippen LogP contribution in [0.4, 0.5) is 5.69 Å². The summed E-state index contributed by atoms with van der Waals surface area (Å²) in [7, 11) is 1.88. The predicted octanol–water partition coefficient (Wildman–Crippen LogP) is 2.16. The van der Waals surface area contributed by atoms with Crippen LogP contribution in [-0.2, 0) is 16.6 Å². The van der Waals surface area contributed by atoms with Crippen LogP contribution in [0.1, 0.15) is 11.4 Å². The monoisotopic (exact) mass is 325 g/mol. The predicted molar refractivity (Wildman–Crippen MR) is 92.8 cm³/mol. The van der Waals surface area contributed by atoms with Crippen molar-refractivity contribution in [3.05, 3.63) is 59.4 Å². The van der Waals surface area contributed by atoms with E-state index in [2.05, 4.69) is 5.32 Å². The minimum absolute atomic E-state index is 0.0589. The van der Waals surface area contributed by atoms with E-state index in [1.165, 1.54) is 4.90 Å². The van der Waals surface area contributed by atoms with Gasteiger partial charge in [0.1, 0.15) is 5.57 Å². The van der Waals surface area contributed by atoms with Gasteiger partial charge in [-0.2, -0.15) is 0 Å². The van der Waals surface area contributed by atoms with Gasteiger partial charge >= 0.3 is 0 Å². The largest absolute Gasteiger partial charge is 0.348 e. The number of carbonyl (C=O) groups is 2. The summed E-state index contributed by atoms with van der Waals surface area (Å²) in [4.78, 5) is 26.3. The molecule has 23 heavy (non-hydrogen) atoms. The number of thiocarbonyl (C=S) groups is 1. The number of nitrogens with zero attached hydrogens (tertiary/aromatic N) is 2. The summed E-state index contributed by atoms with van der Waals surface area (Å²) in [5.41, 5.74) is 2.50. The van der Waals surface area contributed by atoms with E-state index in [4.69, 9.17) is 12.2 Å². The average molecular weight is 325 g/mol. The zero-order chi connectivity index (χ0) is 16.6. The summed E-state index contributed by atoms with van der Waals surface area (Å²) in [6, 6.07) is 12.8. The molecule has 0 radical (unpaired) electrons. The molecular formula is C17H15N3O2S. The standard InChI is InChI=1S/C17H15N3O2S/c1-11-8-9-13(19(11)2)10-14-15(21)18-17(23)20(16(14)22)12-6-4-3-5-7-12/h3-10H,1-2H3,(H,18,21,23)/b14-10+. The van der Waals surface area contributed by atoms with Crippen molar-refractivity contribution in [3.63, 3.8) is 0 Å². The maximum Gasteiger partial charge on any atom is 0.270 e. The fraction of sp³-hybridized carbons (Fsp3) is 0.118. The highest BCUT2D eigenvalue weighted by Crippen LogP contribution is 2.22. The fourth-order valence-corrected chi connectivity index (χ4v) is 2.68. The van der Waals surface area contributed by atoms with E-state index in [1.807, 2.05) is 48.9 Å².